The molecule has 4 nitrogen and oxygen atoms in total. The Labute approximate surface area is 90.2 Å². The molecule has 0 aliphatic rings. The number of aliphatic carboxylic acids is 2. The van der Waals surface area contributed by atoms with Crippen LogP contribution in [0.1, 0.15) is 0 Å². The molecule has 78 valence electrons. The van der Waals surface area contributed by atoms with Crippen molar-refractivity contribution < 1.29 is 19.8 Å². The molecule has 0 saturated carbocycles. The lowest BCUT2D eigenvalue weighted by Crippen LogP contribution is -2.26. The molecule has 0 amide bonds. The molecule has 1 aromatic carbocycles. The number of carboxylic acid groups (broad SMARTS) is 2. The molecule has 1 rings (SSSR count). The van der Waals surface area contributed by atoms with Crippen molar-refractivity contribution in [3.8, 4) is 0 Å². The average Bonchev–Trinajstić information content (AvgIpc) is 2.17. The summed E-state index contributed by atoms with van der Waals surface area (Å²) in [6.07, 6.45) is 0.507. The molecule has 0 radical (unpaired) electrons. The second kappa shape index (κ2) is 5.21. The lowest BCUT2D eigenvalue weighted by molar-refractivity contribution is -0.302. The van der Waals surface area contributed by atoms with Crippen molar-refractivity contribution in [3.63, 3.8) is 0 Å². The maximum atomic E-state index is 10.5. The standard InChI is InChI=1S/C10H8O4S/c11-9(12)6-8(10(13)14)15-7-4-2-1-3-5-7/h1-6H,(H,11,12)(H,13,14)/p-2/b8-6-. The number of thioether (sulfide) groups is 1. The lowest BCUT2D eigenvalue weighted by atomic mass is 10.4. The van der Waals surface area contributed by atoms with Gasteiger partial charge in [0.05, 0.1) is 11.9 Å². The van der Waals surface area contributed by atoms with E-state index in [0.29, 0.717) is 11.0 Å². The van der Waals surface area contributed by atoms with Gasteiger partial charge in [0.2, 0.25) is 0 Å². The molecule has 0 aliphatic heterocycles. The van der Waals surface area contributed by atoms with Gasteiger partial charge < -0.3 is 19.8 Å². The van der Waals surface area contributed by atoms with Crippen LogP contribution < -0.4 is 10.2 Å². The monoisotopic (exact) mass is 222 g/mol. The minimum atomic E-state index is -1.56. The fourth-order valence-electron chi connectivity index (χ4n) is 0.853. The van der Waals surface area contributed by atoms with Crippen LogP contribution in [0.25, 0.3) is 0 Å². The van der Waals surface area contributed by atoms with Crippen LogP contribution in [0, 0.1) is 0 Å². The molecule has 5 heteroatoms. The Morgan fingerprint density at radius 3 is 2.20 bits per heavy atom. The van der Waals surface area contributed by atoms with E-state index in [1.165, 1.54) is 0 Å². The van der Waals surface area contributed by atoms with E-state index in [0.717, 1.165) is 11.8 Å². The van der Waals surface area contributed by atoms with E-state index in [-0.39, 0.29) is 4.91 Å². The van der Waals surface area contributed by atoms with E-state index in [9.17, 15) is 19.8 Å². The van der Waals surface area contributed by atoms with Gasteiger partial charge in [-0.3, -0.25) is 0 Å². The third kappa shape index (κ3) is 3.86. The van der Waals surface area contributed by atoms with Crippen molar-refractivity contribution in [2.24, 2.45) is 0 Å². The topological polar surface area (TPSA) is 80.3 Å². The number of rotatable bonds is 4. The second-order valence-electron chi connectivity index (χ2n) is 2.53. The summed E-state index contributed by atoms with van der Waals surface area (Å²) in [5.41, 5.74) is 0. The van der Waals surface area contributed by atoms with Gasteiger partial charge in [-0.15, -0.1) is 0 Å². The fourth-order valence-corrected chi connectivity index (χ4v) is 1.64. The Hall–Kier alpha value is -1.75. The van der Waals surface area contributed by atoms with Gasteiger partial charge in [0.25, 0.3) is 0 Å². The van der Waals surface area contributed by atoms with Crippen LogP contribution >= 0.6 is 11.8 Å². The van der Waals surface area contributed by atoms with Crippen LogP contribution in [0.3, 0.4) is 0 Å². The van der Waals surface area contributed by atoms with Crippen LogP contribution in [0.4, 0.5) is 0 Å². The predicted octanol–water partition coefficient (Wildman–Crippen LogP) is -0.838. The molecule has 0 spiro atoms. The number of benzene rings is 1. The van der Waals surface area contributed by atoms with Crippen molar-refractivity contribution in [2.45, 2.75) is 4.90 Å². The lowest BCUT2D eigenvalue weighted by Gasteiger charge is -2.08. The first-order valence-corrected chi connectivity index (χ1v) is 4.78. The van der Waals surface area contributed by atoms with E-state index in [1.54, 1.807) is 30.3 Å². The van der Waals surface area contributed by atoms with Crippen LogP contribution in [0.2, 0.25) is 0 Å². The number of carboxylic acids is 2. The molecule has 0 aliphatic carbocycles. The second-order valence-corrected chi connectivity index (χ2v) is 3.65. The third-order valence-electron chi connectivity index (χ3n) is 1.42. The van der Waals surface area contributed by atoms with E-state index >= 15 is 0 Å². The van der Waals surface area contributed by atoms with Crippen LogP contribution in [0.5, 0.6) is 0 Å². The number of hydrogen-bond donors (Lipinski definition) is 0. The molecule has 0 saturated heterocycles. The Morgan fingerprint density at radius 1 is 1.13 bits per heavy atom. The smallest absolute Gasteiger partial charge is 0.0783 e. The first kappa shape index (κ1) is 11.3. The highest BCUT2D eigenvalue weighted by Crippen LogP contribution is 2.25. The number of carbonyl (C=O) groups excluding carboxylic acids is 2. The SMILES string of the molecule is O=C([O-])/C=C(\Sc1ccccc1)C(=O)[O-]. The quantitative estimate of drug-likeness (QED) is 0.490. The molecule has 0 aromatic heterocycles. The highest BCUT2D eigenvalue weighted by molar-refractivity contribution is 8.04. The van der Waals surface area contributed by atoms with E-state index < -0.39 is 11.9 Å². The molecular formula is C10H6O4S-2. The van der Waals surface area contributed by atoms with Crippen LogP contribution in [0.15, 0.2) is 46.2 Å². The normalized spacial score (nSPS) is 11.1. The number of hydrogen-bond acceptors (Lipinski definition) is 5. The van der Waals surface area contributed by atoms with Crippen LogP contribution in [-0.2, 0) is 9.59 Å². The minimum absolute atomic E-state index is 0.388. The maximum absolute atomic E-state index is 10.5. The van der Waals surface area contributed by atoms with E-state index in [4.69, 9.17) is 0 Å². The van der Waals surface area contributed by atoms with Gasteiger partial charge in [0.15, 0.2) is 0 Å². The summed E-state index contributed by atoms with van der Waals surface area (Å²) in [5.74, 6) is -3.09. The first-order valence-electron chi connectivity index (χ1n) is 3.96. The van der Waals surface area contributed by atoms with Gasteiger partial charge in [-0.05, 0) is 18.2 Å². The molecule has 0 atom stereocenters. The van der Waals surface area contributed by atoms with Gasteiger partial charge in [-0.1, -0.05) is 30.0 Å². The Kier molecular flexibility index (Phi) is 3.93. The molecule has 0 N–H and O–H groups in total. The first-order chi connectivity index (χ1) is 7.09. The van der Waals surface area contributed by atoms with Crippen molar-refractivity contribution >= 4 is 23.7 Å². The zero-order chi connectivity index (χ0) is 11.3. The van der Waals surface area contributed by atoms with E-state index in [1.807, 2.05) is 0 Å². The maximum Gasteiger partial charge on any atom is 0.0783 e. The Morgan fingerprint density at radius 2 is 1.73 bits per heavy atom. The van der Waals surface area contributed by atoms with Gasteiger partial charge >= 0.3 is 0 Å². The van der Waals surface area contributed by atoms with Crippen molar-refractivity contribution in [1.29, 1.82) is 0 Å². The molecule has 15 heavy (non-hydrogen) atoms. The summed E-state index contributed by atoms with van der Waals surface area (Å²) in [5, 5.41) is 20.8. The van der Waals surface area contributed by atoms with Gasteiger partial charge in [0, 0.05) is 9.80 Å². The van der Waals surface area contributed by atoms with E-state index in [2.05, 4.69) is 0 Å². The average molecular weight is 222 g/mol. The van der Waals surface area contributed by atoms with Crippen molar-refractivity contribution in [3.05, 3.63) is 41.3 Å². The molecule has 0 bridgehead atoms. The third-order valence-corrected chi connectivity index (χ3v) is 2.43. The summed E-state index contributed by atoms with van der Waals surface area (Å²) in [6, 6.07) is 8.53. The summed E-state index contributed by atoms with van der Waals surface area (Å²) in [7, 11) is 0. The van der Waals surface area contributed by atoms with Gasteiger partial charge in [-0.25, -0.2) is 0 Å². The highest BCUT2D eigenvalue weighted by Gasteiger charge is 2.01. The molecule has 0 heterocycles. The fraction of sp³-hybridized carbons (Fsp3) is 0. The molecule has 0 fully saturated rings. The Bertz CT molecular complexity index is 397. The minimum Gasteiger partial charge on any atom is -0.545 e. The Balaban J connectivity index is 2.86. The molecule has 1 aromatic rings. The van der Waals surface area contributed by atoms with Gasteiger partial charge in [0.1, 0.15) is 0 Å². The zero-order valence-corrected chi connectivity index (χ0v) is 8.32. The molecular weight excluding hydrogens is 216 g/mol. The highest BCUT2D eigenvalue weighted by atomic mass is 32.2. The largest absolute Gasteiger partial charge is 0.545 e. The summed E-state index contributed by atoms with van der Waals surface area (Å²) in [6.45, 7) is 0. The number of carbonyl (C=O) groups is 2. The predicted molar refractivity (Wildman–Crippen MR) is 50.4 cm³/mol. The molecule has 0 unspecified atom stereocenters. The summed E-state index contributed by atoms with van der Waals surface area (Å²) < 4.78 is 0. The van der Waals surface area contributed by atoms with Crippen molar-refractivity contribution in [1.82, 2.24) is 0 Å². The van der Waals surface area contributed by atoms with Gasteiger partial charge in [-0.2, -0.15) is 0 Å². The van der Waals surface area contributed by atoms with Crippen LogP contribution in [-0.4, -0.2) is 11.9 Å². The summed E-state index contributed by atoms with van der Waals surface area (Å²) >= 11 is 0.803. The summed E-state index contributed by atoms with van der Waals surface area (Å²) in [4.78, 5) is 21.0. The van der Waals surface area contributed by atoms with Crippen molar-refractivity contribution in [2.75, 3.05) is 0 Å². The zero-order valence-electron chi connectivity index (χ0n) is 7.51.